The van der Waals surface area contributed by atoms with E-state index in [0.717, 1.165) is 11.1 Å². The first kappa shape index (κ1) is 26.6. The van der Waals surface area contributed by atoms with Gasteiger partial charge in [0.05, 0.1) is 12.2 Å². The molecule has 0 aliphatic heterocycles. The van der Waals surface area contributed by atoms with E-state index < -0.39 is 63.8 Å². The summed E-state index contributed by atoms with van der Waals surface area (Å²) in [5.74, 6) is -7.92. The summed E-state index contributed by atoms with van der Waals surface area (Å²) < 4.78 is 5.21. The minimum Gasteiger partial charge on any atom is -0.508 e. The van der Waals surface area contributed by atoms with Crippen LogP contribution in [0.2, 0.25) is 0 Å². The van der Waals surface area contributed by atoms with Crippen LogP contribution in [0.4, 0.5) is 0 Å². The number of phenolic OH excluding ortho intramolecular Hbond substituents is 1. The smallest absolute Gasteiger partial charge is 0.255 e. The van der Waals surface area contributed by atoms with Crippen LogP contribution in [0.1, 0.15) is 37.0 Å². The topological polar surface area (TPSA) is 180 Å². The van der Waals surface area contributed by atoms with Gasteiger partial charge in [0.15, 0.2) is 11.4 Å². The quantitative estimate of drug-likeness (QED) is 0.360. The number of carbonyl (C=O) groups excluding carboxylic acids is 3. The molecule has 0 saturated heterocycles. The number of aliphatic hydroxyl groups is 3. The number of hydrogen-bond acceptors (Lipinski definition) is 9. The van der Waals surface area contributed by atoms with Crippen molar-refractivity contribution in [1.82, 2.24) is 4.98 Å². The molecule has 10 heteroatoms. The third-order valence-corrected chi connectivity index (χ3v) is 8.27. The minimum atomic E-state index is -2.63. The molecule has 0 unspecified atom stereocenters. The summed E-state index contributed by atoms with van der Waals surface area (Å²) in [6.45, 7) is 3.79. The monoisotopic (exact) mass is 534 g/mol. The molecular weight excluding hydrogens is 504 g/mol. The SMILES string of the molecule is COCc1cncc(-c2ccc(O)c3c2C[C@H]2C[C@H]4[C@H](C(C)C)C(=O)C(C(N)=O)=C(O)[C@@]4(O)C(=O)C2=C3O)c1. The lowest BCUT2D eigenvalue weighted by molar-refractivity contribution is -0.155. The van der Waals surface area contributed by atoms with Crippen LogP contribution >= 0.6 is 0 Å². The maximum atomic E-state index is 13.9. The molecule has 3 aliphatic carbocycles. The molecule has 1 saturated carbocycles. The summed E-state index contributed by atoms with van der Waals surface area (Å²) in [7, 11) is 1.57. The summed E-state index contributed by atoms with van der Waals surface area (Å²) in [4.78, 5) is 43.6. The number of hydrogen-bond donors (Lipinski definition) is 5. The summed E-state index contributed by atoms with van der Waals surface area (Å²) in [5.41, 5.74) is 4.61. The number of nitrogens with two attached hydrogens (primary N) is 1. The van der Waals surface area contributed by atoms with Gasteiger partial charge >= 0.3 is 0 Å². The Kier molecular flexibility index (Phi) is 6.35. The van der Waals surface area contributed by atoms with Crippen molar-refractivity contribution in [3.8, 4) is 16.9 Å². The highest BCUT2D eigenvalue weighted by molar-refractivity contribution is 6.23. The zero-order chi connectivity index (χ0) is 28.4. The number of aliphatic hydroxyl groups excluding tert-OH is 2. The van der Waals surface area contributed by atoms with E-state index in [2.05, 4.69) is 4.98 Å². The molecule has 1 aromatic carbocycles. The van der Waals surface area contributed by atoms with E-state index in [-0.39, 0.29) is 29.7 Å². The van der Waals surface area contributed by atoms with Gasteiger partial charge in [0.25, 0.3) is 5.91 Å². The minimum absolute atomic E-state index is 0.0391. The number of rotatable bonds is 5. The maximum absolute atomic E-state index is 13.9. The third kappa shape index (κ3) is 3.77. The highest BCUT2D eigenvalue weighted by atomic mass is 16.5. The second-order valence-electron chi connectivity index (χ2n) is 10.8. The molecule has 0 spiro atoms. The van der Waals surface area contributed by atoms with Crippen LogP contribution in [0.15, 0.2) is 47.5 Å². The number of nitrogens with zero attached hydrogens (tertiary/aromatic N) is 1. The van der Waals surface area contributed by atoms with Gasteiger partial charge in [-0.25, -0.2) is 0 Å². The molecule has 1 fully saturated rings. The molecule has 0 radical (unpaired) electrons. The van der Waals surface area contributed by atoms with E-state index in [1.54, 1.807) is 39.4 Å². The number of primary amides is 1. The first-order valence-corrected chi connectivity index (χ1v) is 12.7. The van der Waals surface area contributed by atoms with Crippen LogP contribution in [0.5, 0.6) is 5.75 Å². The predicted octanol–water partition coefficient (Wildman–Crippen LogP) is 2.51. The van der Waals surface area contributed by atoms with Gasteiger partial charge in [0.2, 0.25) is 5.78 Å². The summed E-state index contributed by atoms with van der Waals surface area (Å²) in [5, 5.41) is 44.8. The normalized spacial score (nSPS) is 26.4. The van der Waals surface area contributed by atoms with E-state index in [9.17, 15) is 34.8 Å². The van der Waals surface area contributed by atoms with Gasteiger partial charge in [0.1, 0.15) is 22.8 Å². The Labute approximate surface area is 224 Å². The van der Waals surface area contributed by atoms with Gasteiger partial charge in [-0.3, -0.25) is 19.4 Å². The Morgan fingerprint density at radius 1 is 1.21 bits per heavy atom. The molecule has 4 atom stereocenters. The van der Waals surface area contributed by atoms with E-state index in [1.807, 2.05) is 6.07 Å². The fourth-order valence-corrected chi connectivity index (χ4v) is 6.64. The molecular formula is C29H30N2O8. The average Bonchev–Trinajstić information content (AvgIpc) is 2.86. The van der Waals surface area contributed by atoms with Crippen LogP contribution in [-0.4, -0.2) is 55.6 Å². The van der Waals surface area contributed by atoms with Crippen molar-refractivity contribution >= 4 is 23.2 Å². The lowest BCUT2D eigenvalue weighted by atomic mass is 9.54. The number of Topliss-reactive ketones (excluding diaryl/α,β-unsaturated/α-hetero) is 2. The van der Waals surface area contributed by atoms with Crippen LogP contribution in [0.25, 0.3) is 16.9 Å². The molecule has 1 heterocycles. The van der Waals surface area contributed by atoms with Crippen molar-refractivity contribution in [1.29, 1.82) is 0 Å². The van der Waals surface area contributed by atoms with Gasteiger partial charge in [-0.2, -0.15) is 0 Å². The number of amides is 1. The Hall–Kier alpha value is -4.02. The van der Waals surface area contributed by atoms with Crippen LogP contribution in [-0.2, 0) is 32.1 Å². The maximum Gasteiger partial charge on any atom is 0.255 e. The number of methoxy groups -OCH3 is 1. The predicted molar refractivity (Wildman–Crippen MR) is 139 cm³/mol. The number of aromatic nitrogens is 1. The van der Waals surface area contributed by atoms with Crippen LogP contribution in [0, 0.1) is 23.7 Å². The fraction of sp³-hybridized carbons (Fsp3) is 0.379. The molecule has 5 rings (SSSR count). The van der Waals surface area contributed by atoms with Gasteiger partial charge in [-0.05, 0) is 53.5 Å². The molecule has 1 amide bonds. The number of pyridine rings is 1. The zero-order valence-corrected chi connectivity index (χ0v) is 21.8. The van der Waals surface area contributed by atoms with Gasteiger partial charge < -0.3 is 30.9 Å². The third-order valence-electron chi connectivity index (χ3n) is 8.27. The fourth-order valence-electron chi connectivity index (χ4n) is 6.64. The average molecular weight is 535 g/mol. The molecule has 3 aliphatic rings. The molecule has 1 aromatic heterocycles. The summed E-state index contributed by atoms with van der Waals surface area (Å²) in [6, 6.07) is 4.98. The first-order valence-electron chi connectivity index (χ1n) is 12.7. The van der Waals surface area contributed by atoms with Crippen molar-refractivity contribution in [2.24, 2.45) is 29.4 Å². The van der Waals surface area contributed by atoms with Gasteiger partial charge in [-0.15, -0.1) is 0 Å². The number of fused-ring (bicyclic) bond motifs is 3. The number of benzene rings is 1. The molecule has 6 N–H and O–H groups in total. The standard InChI is InChI=1S/C29H30N2O8/c1-12(2)20-18-8-14-7-17-16(15-6-13(11-39-3)9-31-10-15)4-5-19(32)22(17)25(34)21(14)26(35)29(18,38)27(36)23(24(20)33)28(30)37/h4-6,9-10,12,14,18,20,32,34,36,38H,7-8,11H2,1-3H3,(H2,30,37)/t14-,18-,20-,29-/m0/s1. The highest BCUT2D eigenvalue weighted by Gasteiger charge is 2.64. The number of phenols is 1. The van der Waals surface area contributed by atoms with E-state index >= 15 is 0 Å². The van der Waals surface area contributed by atoms with Crippen molar-refractivity contribution < 1.29 is 39.5 Å². The zero-order valence-electron chi connectivity index (χ0n) is 21.8. The van der Waals surface area contributed by atoms with Crippen molar-refractivity contribution in [3.05, 3.63) is 64.2 Å². The molecule has 39 heavy (non-hydrogen) atoms. The Morgan fingerprint density at radius 2 is 1.92 bits per heavy atom. The number of carbonyl (C=O) groups is 3. The van der Waals surface area contributed by atoms with Crippen LogP contribution in [0.3, 0.4) is 0 Å². The molecule has 0 bridgehead atoms. The molecule has 204 valence electrons. The molecule has 10 nitrogen and oxygen atoms in total. The first-order chi connectivity index (χ1) is 18.4. The van der Waals surface area contributed by atoms with Crippen LogP contribution < -0.4 is 5.73 Å². The number of ether oxygens (including phenoxy) is 1. The van der Waals surface area contributed by atoms with E-state index in [4.69, 9.17) is 10.5 Å². The summed E-state index contributed by atoms with van der Waals surface area (Å²) >= 11 is 0. The Bertz CT molecular complexity index is 1490. The number of aromatic hydroxyl groups is 1. The Morgan fingerprint density at radius 3 is 2.56 bits per heavy atom. The molecule has 2 aromatic rings. The van der Waals surface area contributed by atoms with Crippen molar-refractivity contribution in [2.45, 2.75) is 38.9 Å². The second-order valence-corrected chi connectivity index (χ2v) is 10.8. The van der Waals surface area contributed by atoms with E-state index in [1.165, 1.54) is 6.07 Å². The van der Waals surface area contributed by atoms with Gasteiger partial charge in [0, 0.05) is 42.5 Å². The highest BCUT2D eigenvalue weighted by Crippen LogP contribution is 2.55. The second kappa shape index (κ2) is 9.32. The lowest BCUT2D eigenvalue weighted by Crippen LogP contribution is -2.62. The largest absolute Gasteiger partial charge is 0.508 e. The van der Waals surface area contributed by atoms with E-state index in [0.29, 0.717) is 17.7 Å². The Balaban J connectivity index is 1.72. The van der Waals surface area contributed by atoms with Crippen molar-refractivity contribution in [2.75, 3.05) is 7.11 Å². The number of ketones is 2. The summed E-state index contributed by atoms with van der Waals surface area (Å²) in [6.07, 6.45) is 3.58. The van der Waals surface area contributed by atoms with Gasteiger partial charge in [-0.1, -0.05) is 19.9 Å². The lowest BCUT2D eigenvalue weighted by Gasteiger charge is -2.50. The van der Waals surface area contributed by atoms with Crippen molar-refractivity contribution in [3.63, 3.8) is 0 Å².